The van der Waals surface area contributed by atoms with E-state index in [4.69, 9.17) is 5.73 Å². The van der Waals surface area contributed by atoms with E-state index in [1.54, 1.807) is 0 Å². The monoisotopic (exact) mass is 261 g/mol. The van der Waals surface area contributed by atoms with E-state index in [1.807, 2.05) is 13.1 Å². The Bertz CT molecular complexity index is 377. The number of hydrogen-bond acceptors (Lipinski definition) is 3. The van der Waals surface area contributed by atoms with E-state index in [2.05, 4.69) is 35.9 Å². The zero-order valence-corrected chi connectivity index (χ0v) is 12.5. The Morgan fingerprint density at radius 2 is 1.95 bits per heavy atom. The Balaban J connectivity index is 2.16. The highest BCUT2D eigenvalue weighted by molar-refractivity contribution is 5.41. The molecular formula is C16H27N3. The Hall–Kier alpha value is -1.09. The third kappa shape index (κ3) is 3.69. The minimum absolute atomic E-state index is 0.0616. The first-order chi connectivity index (χ1) is 9.08. The molecule has 3 nitrogen and oxygen atoms in total. The Morgan fingerprint density at radius 3 is 2.42 bits per heavy atom. The lowest BCUT2D eigenvalue weighted by Crippen LogP contribution is -2.36. The summed E-state index contributed by atoms with van der Waals surface area (Å²) in [5.41, 5.74) is 7.00. The van der Waals surface area contributed by atoms with Gasteiger partial charge >= 0.3 is 0 Å². The highest BCUT2D eigenvalue weighted by Crippen LogP contribution is 2.28. The van der Waals surface area contributed by atoms with Crippen molar-refractivity contribution in [3.8, 4) is 0 Å². The van der Waals surface area contributed by atoms with Gasteiger partial charge in [-0.1, -0.05) is 32.8 Å². The molecule has 19 heavy (non-hydrogen) atoms. The molecule has 0 saturated heterocycles. The number of nitrogens with zero attached hydrogens (tertiary/aromatic N) is 2. The molecule has 1 fully saturated rings. The van der Waals surface area contributed by atoms with Crippen molar-refractivity contribution >= 4 is 5.82 Å². The highest BCUT2D eigenvalue weighted by Gasteiger charge is 2.24. The summed E-state index contributed by atoms with van der Waals surface area (Å²) in [6, 6.07) is 5.00. The first-order valence-electron chi connectivity index (χ1n) is 7.56. The fourth-order valence-electron chi connectivity index (χ4n) is 2.88. The number of pyridine rings is 1. The summed E-state index contributed by atoms with van der Waals surface area (Å²) in [6.45, 7) is 7.64. The van der Waals surface area contributed by atoms with E-state index in [0.717, 1.165) is 17.9 Å². The molecular weight excluding hydrogens is 234 g/mol. The first-order valence-corrected chi connectivity index (χ1v) is 7.56. The number of nitrogens with two attached hydrogens (primary N) is 1. The van der Waals surface area contributed by atoms with E-state index in [9.17, 15) is 0 Å². The van der Waals surface area contributed by atoms with Crippen LogP contribution in [0.15, 0.2) is 18.3 Å². The van der Waals surface area contributed by atoms with Crippen LogP contribution in [0.25, 0.3) is 0 Å². The normalized spacial score (nSPS) is 17.9. The van der Waals surface area contributed by atoms with Crippen LogP contribution in [0.1, 0.15) is 58.1 Å². The van der Waals surface area contributed by atoms with E-state index >= 15 is 0 Å². The van der Waals surface area contributed by atoms with Gasteiger partial charge in [-0.3, -0.25) is 0 Å². The van der Waals surface area contributed by atoms with Gasteiger partial charge in [-0.05, 0) is 37.3 Å². The molecule has 1 aliphatic carbocycles. The standard InChI is InChI=1S/C16H27N3/c1-12(2)11-19(15-6-4-5-7-15)16-9-8-14(10-18-16)13(3)17/h8-10,12-13,15H,4-7,11,17H2,1-3H3/t13-/m0/s1. The maximum absolute atomic E-state index is 5.89. The fourth-order valence-corrected chi connectivity index (χ4v) is 2.88. The quantitative estimate of drug-likeness (QED) is 0.882. The van der Waals surface area contributed by atoms with Crippen LogP contribution in [0.5, 0.6) is 0 Å². The lowest BCUT2D eigenvalue weighted by atomic mass is 10.1. The first kappa shape index (κ1) is 14.3. The second-order valence-electron chi connectivity index (χ2n) is 6.22. The minimum Gasteiger partial charge on any atom is -0.353 e. The predicted octanol–water partition coefficient (Wildman–Crippen LogP) is 3.51. The summed E-state index contributed by atoms with van der Waals surface area (Å²) in [5.74, 6) is 1.78. The summed E-state index contributed by atoms with van der Waals surface area (Å²) < 4.78 is 0. The largest absolute Gasteiger partial charge is 0.353 e. The van der Waals surface area contributed by atoms with Crippen LogP contribution in [0.2, 0.25) is 0 Å². The fraction of sp³-hybridized carbons (Fsp3) is 0.688. The lowest BCUT2D eigenvalue weighted by Gasteiger charge is -2.31. The van der Waals surface area contributed by atoms with Crippen LogP contribution in [-0.4, -0.2) is 17.6 Å². The summed E-state index contributed by atoms with van der Waals surface area (Å²) >= 11 is 0. The van der Waals surface area contributed by atoms with Gasteiger partial charge in [0.2, 0.25) is 0 Å². The molecule has 0 amide bonds. The van der Waals surface area contributed by atoms with Crippen molar-refractivity contribution < 1.29 is 0 Å². The van der Waals surface area contributed by atoms with Gasteiger partial charge in [-0.2, -0.15) is 0 Å². The number of aromatic nitrogens is 1. The van der Waals surface area contributed by atoms with Crippen LogP contribution < -0.4 is 10.6 Å². The van der Waals surface area contributed by atoms with Crippen molar-refractivity contribution in [2.75, 3.05) is 11.4 Å². The summed E-state index contributed by atoms with van der Waals surface area (Å²) in [7, 11) is 0. The van der Waals surface area contributed by atoms with Gasteiger partial charge in [0, 0.05) is 24.8 Å². The Morgan fingerprint density at radius 1 is 1.26 bits per heavy atom. The van der Waals surface area contributed by atoms with Crippen molar-refractivity contribution in [2.24, 2.45) is 11.7 Å². The van der Waals surface area contributed by atoms with Crippen molar-refractivity contribution in [1.82, 2.24) is 4.98 Å². The van der Waals surface area contributed by atoms with Gasteiger partial charge in [0.25, 0.3) is 0 Å². The molecule has 0 spiro atoms. The Labute approximate surface area is 117 Å². The van der Waals surface area contributed by atoms with E-state index in [1.165, 1.54) is 25.7 Å². The molecule has 1 aromatic heterocycles. The average Bonchev–Trinajstić information content (AvgIpc) is 2.89. The Kier molecular flexibility index (Phi) is 4.81. The van der Waals surface area contributed by atoms with Gasteiger partial charge in [0.15, 0.2) is 0 Å². The molecule has 1 aromatic rings. The van der Waals surface area contributed by atoms with Crippen molar-refractivity contribution in [2.45, 2.75) is 58.5 Å². The second kappa shape index (κ2) is 6.38. The van der Waals surface area contributed by atoms with Gasteiger partial charge < -0.3 is 10.6 Å². The zero-order valence-electron chi connectivity index (χ0n) is 12.5. The molecule has 0 aromatic carbocycles. The van der Waals surface area contributed by atoms with E-state index in [0.29, 0.717) is 12.0 Å². The second-order valence-corrected chi connectivity index (χ2v) is 6.22. The molecule has 0 aliphatic heterocycles. The SMILES string of the molecule is CC(C)CN(c1ccc([C@H](C)N)cn1)C1CCCC1. The van der Waals surface area contributed by atoms with Crippen LogP contribution in [0.3, 0.4) is 0 Å². The van der Waals surface area contributed by atoms with Gasteiger partial charge in [-0.15, -0.1) is 0 Å². The van der Waals surface area contributed by atoms with Crippen molar-refractivity contribution in [3.05, 3.63) is 23.9 Å². The molecule has 1 heterocycles. The van der Waals surface area contributed by atoms with Crippen molar-refractivity contribution in [3.63, 3.8) is 0 Å². The molecule has 0 bridgehead atoms. The van der Waals surface area contributed by atoms with Crippen LogP contribution in [-0.2, 0) is 0 Å². The topological polar surface area (TPSA) is 42.1 Å². The molecule has 3 heteroatoms. The molecule has 1 atom stereocenters. The van der Waals surface area contributed by atoms with Crippen LogP contribution >= 0.6 is 0 Å². The maximum atomic E-state index is 5.89. The molecule has 1 aliphatic rings. The average molecular weight is 261 g/mol. The van der Waals surface area contributed by atoms with Crippen LogP contribution in [0, 0.1) is 5.92 Å². The number of rotatable bonds is 5. The molecule has 0 radical (unpaired) electrons. The molecule has 106 valence electrons. The zero-order chi connectivity index (χ0) is 13.8. The highest BCUT2D eigenvalue weighted by atomic mass is 15.2. The molecule has 1 saturated carbocycles. The minimum atomic E-state index is 0.0616. The van der Waals surface area contributed by atoms with E-state index < -0.39 is 0 Å². The predicted molar refractivity (Wildman–Crippen MR) is 81.3 cm³/mol. The smallest absolute Gasteiger partial charge is 0.128 e. The van der Waals surface area contributed by atoms with Gasteiger partial charge in [-0.25, -0.2) is 4.98 Å². The van der Waals surface area contributed by atoms with E-state index in [-0.39, 0.29) is 6.04 Å². The molecule has 2 N–H and O–H groups in total. The lowest BCUT2D eigenvalue weighted by molar-refractivity contribution is 0.531. The van der Waals surface area contributed by atoms with Crippen LogP contribution in [0.4, 0.5) is 5.82 Å². The molecule has 2 rings (SSSR count). The van der Waals surface area contributed by atoms with Crippen molar-refractivity contribution in [1.29, 1.82) is 0 Å². The summed E-state index contributed by atoms with van der Waals surface area (Å²) in [4.78, 5) is 7.15. The van der Waals surface area contributed by atoms with Gasteiger partial charge in [0.05, 0.1) is 0 Å². The third-order valence-corrected chi connectivity index (χ3v) is 3.92. The summed E-state index contributed by atoms with van der Waals surface area (Å²) in [5, 5.41) is 0. The number of anilines is 1. The maximum Gasteiger partial charge on any atom is 0.128 e. The summed E-state index contributed by atoms with van der Waals surface area (Å²) in [6.07, 6.45) is 7.27. The third-order valence-electron chi connectivity index (χ3n) is 3.92. The van der Waals surface area contributed by atoms with Gasteiger partial charge in [0.1, 0.15) is 5.82 Å². The molecule has 0 unspecified atom stereocenters. The number of hydrogen-bond donors (Lipinski definition) is 1.